The number of likely N-dealkylation sites (tertiary alicyclic amines) is 1. The molecule has 2 bridgehead atoms. The van der Waals surface area contributed by atoms with E-state index in [1.165, 1.54) is 62.5 Å². The number of carbonyl (C=O) groups excluding carboxylic acids is 1. The molecule has 0 spiro atoms. The molecule has 0 radical (unpaired) electrons. The molecule has 2 nitrogen and oxygen atoms in total. The monoisotopic (exact) mass is 222 g/mol. The first kappa shape index (κ1) is 10.8. The minimum Gasteiger partial charge on any atom is -0.323 e. The number of nitrogens with zero attached hydrogens (tertiary/aromatic N) is 1. The van der Waals surface area contributed by atoms with E-state index in [0.29, 0.717) is 23.7 Å². The molecular formula is C14H24NO+. The van der Waals surface area contributed by atoms with Gasteiger partial charge in [0, 0.05) is 25.2 Å². The van der Waals surface area contributed by atoms with Crippen LogP contribution in [0.1, 0.15) is 44.9 Å². The van der Waals surface area contributed by atoms with Gasteiger partial charge in [0.05, 0.1) is 32.1 Å². The van der Waals surface area contributed by atoms with E-state index in [1.807, 2.05) is 0 Å². The number of rotatable bonds is 1. The fourth-order valence-electron chi connectivity index (χ4n) is 4.55. The quantitative estimate of drug-likeness (QED) is 0.623. The van der Waals surface area contributed by atoms with Gasteiger partial charge in [0.1, 0.15) is 5.78 Å². The number of fused-ring (bicyclic) bond motifs is 2. The van der Waals surface area contributed by atoms with Gasteiger partial charge in [-0.2, -0.15) is 0 Å². The van der Waals surface area contributed by atoms with E-state index < -0.39 is 0 Å². The first-order chi connectivity index (χ1) is 7.71. The van der Waals surface area contributed by atoms with Crippen LogP contribution < -0.4 is 0 Å². The van der Waals surface area contributed by atoms with Crippen molar-refractivity contribution in [2.24, 2.45) is 11.8 Å². The van der Waals surface area contributed by atoms with E-state index in [2.05, 4.69) is 7.05 Å². The molecule has 0 unspecified atom stereocenters. The Balaban J connectivity index is 1.82. The molecule has 1 aliphatic heterocycles. The zero-order valence-corrected chi connectivity index (χ0v) is 10.5. The van der Waals surface area contributed by atoms with Crippen LogP contribution in [0.3, 0.4) is 0 Å². The summed E-state index contributed by atoms with van der Waals surface area (Å²) in [4.78, 5) is 12.3. The van der Waals surface area contributed by atoms with E-state index in [1.54, 1.807) is 0 Å². The maximum absolute atomic E-state index is 12.3. The molecule has 0 aromatic heterocycles. The molecule has 3 fully saturated rings. The van der Waals surface area contributed by atoms with E-state index in [-0.39, 0.29) is 0 Å². The van der Waals surface area contributed by atoms with E-state index in [4.69, 9.17) is 0 Å². The normalized spacial score (nSPS) is 42.3. The van der Waals surface area contributed by atoms with Crippen molar-refractivity contribution in [3.05, 3.63) is 0 Å². The van der Waals surface area contributed by atoms with Gasteiger partial charge >= 0.3 is 0 Å². The molecule has 3 atom stereocenters. The van der Waals surface area contributed by atoms with Crippen LogP contribution in [-0.4, -0.2) is 36.4 Å². The van der Waals surface area contributed by atoms with Crippen molar-refractivity contribution >= 4 is 5.78 Å². The average molecular weight is 222 g/mol. The summed E-state index contributed by atoms with van der Waals surface area (Å²) in [7, 11) is 2.40. The van der Waals surface area contributed by atoms with Crippen molar-refractivity contribution in [1.82, 2.24) is 0 Å². The Hall–Kier alpha value is -0.370. The highest BCUT2D eigenvalue weighted by Crippen LogP contribution is 2.42. The van der Waals surface area contributed by atoms with Crippen LogP contribution in [0.15, 0.2) is 0 Å². The van der Waals surface area contributed by atoms with Crippen molar-refractivity contribution in [3.63, 3.8) is 0 Å². The molecule has 3 aliphatic rings. The molecule has 1 heterocycles. The number of Topliss-reactive ketones (excluding diaryl/α,β-unsaturated/α-hetero) is 1. The zero-order chi connectivity index (χ0) is 11.2. The van der Waals surface area contributed by atoms with Gasteiger partial charge < -0.3 is 4.48 Å². The standard InChI is InChI=1S/C14H24NO/c1-15(9-2-3-10-15)13-8-7-11-5-4-6-12(13)14(11)16/h11-13H,2-10H2,1H3/q+1/t11-,12+,13-/m1/s1. The molecule has 16 heavy (non-hydrogen) atoms. The third-order valence-electron chi connectivity index (χ3n) is 5.50. The molecular weight excluding hydrogens is 198 g/mol. The first-order valence-electron chi connectivity index (χ1n) is 7.09. The van der Waals surface area contributed by atoms with E-state index in [0.717, 1.165) is 0 Å². The van der Waals surface area contributed by atoms with Gasteiger partial charge in [0.15, 0.2) is 0 Å². The summed E-state index contributed by atoms with van der Waals surface area (Å²) in [6.45, 7) is 2.64. The third-order valence-corrected chi connectivity index (χ3v) is 5.50. The van der Waals surface area contributed by atoms with Gasteiger partial charge in [-0.1, -0.05) is 6.42 Å². The Bertz CT molecular complexity index is 293. The fourth-order valence-corrected chi connectivity index (χ4v) is 4.55. The molecule has 0 amide bonds. The summed E-state index contributed by atoms with van der Waals surface area (Å²) >= 11 is 0. The average Bonchev–Trinajstić information content (AvgIpc) is 2.65. The lowest BCUT2D eigenvalue weighted by Crippen LogP contribution is -2.58. The second-order valence-corrected chi connectivity index (χ2v) is 6.42. The summed E-state index contributed by atoms with van der Waals surface area (Å²) in [5.74, 6) is 1.51. The highest BCUT2D eigenvalue weighted by molar-refractivity contribution is 5.85. The summed E-state index contributed by atoms with van der Waals surface area (Å²) in [5.41, 5.74) is 0. The van der Waals surface area contributed by atoms with Gasteiger partial charge in [0.25, 0.3) is 0 Å². The van der Waals surface area contributed by atoms with Crippen molar-refractivity contribution in [2.75, 3.05) is 20.1 Å². The second kappa shape index (κ2) is 3.83. The minimum atomic E-state index is 0.426. The highest BCUT2D eigenvalue weighted by atomic mass is 16.1. The van der Waals surface area contributed by atoms with Gasteiger partial charge in [-0.05, 0) is 19.3 Å². The van der Waals surface area contributed by atoms with E-state index >= 15 is 0 Å². The second-order valence-electron chi connectivity index (χ2n) is 6.42. The molecule has 3 rings (SSSR count). The number of quaternary nitrogens is 1. The SMILES string of the molecule is C[N+]1([C@@H]2CC[C@H]3CCC[C@@H]2C3=O)CCCC1. The van der Waals surface area contributed by atoms with Crippen LogP contribution in [0.5, 0.6) is 0 Å². The largest absolute Gasteiger partial charge is 0.323 e. The fraction of sp³-hybridized carbons (Fsp3) is 0.929. The van der Waals surface area contributed by atoms with Crippen LogP contribution in [-0.2, 0) is 4.79 Å². The molecule has 0 aromatic carbocycles. The van der Waals surface area contributed by atoms with Crippen LogP contribution in [0.25, 0.3) is 0 Å². The summed E-state index contributed by atoms with van der Waals surface area (Å²) in [6.07, 6.45) is 8.93. The lowest BCUT2D eigenvalue weighted by molar-refractivity contribution is -0.926. The molecule has 2 heteroatoms. The van der Waals surface area contributed by atoms with Gasteiger partial charge in [-0.3, -0.25) is 4.79 Å². The first-order valence-corrected chi connectivity index (χ1v) is 7.09. The number of ketones is 1. The Morgan fingerprint density at radius 2 is 1.75 bits per heavy atom. The van der Waals surface area contributed by atoms with E-state index in [9.17, 15) is 4.79 Å². The summed E-state index contributed by atoms with van der Waals surface area (Å²) in [5, 5.41) is 0. The van der Waals surface area contributed by atoms with Crippen LogP contribution in [0.4, 0.5) is 0 Å². The summed E-state index contributed by atoms with van der Waals surface area (Å²) < 4.78 is 1.21. The molecule has 2 saturated carbocycles. The molecule has 90 valence electrons. The van der Waals surface area contributed by atoms with Crippen molar-refractivity contribution < 1.29 is 9.28 Å². The van der Waals surface area contributed by atoms with Crippen LogP contribution >= 0.6 is 0 Å². The lowest BCUT2D eigenvalue weighted by atomic mass is 9.68. The number of hydrogen-bond acceptors (Lipinski definition) is 1. The minimum absolute atomic E-state index is 0.426. The van der Waals surface area contributed by atoms with Gasteiger partial charge in [0.2, 0.25) is 0 Å². The maximum Gasteiger partial charge on any atom is 0.144 e. The smallest absolute Gasteiger partial charge is 0.144 e. The molecule has 1 saturated heterocycles. The predicted molar refractivity (Wildman–Crippen MR) is 64.0 cm³/mol. The Morgan fingerprint density at radius 3 is 2.50 bits per heavy atom. The number of carbonyl (C=O) groups is 1. The number of hydrogen-bond donors (Lipinski definition) is 0. The zero-order valence-electron chi connectivity index (χ0n) is 10.5. The van der Waals surface area contributed by atoms with Crippen molar-refractivity contribution in [2.45, 2.75) is 51.0 Å². The van der Waals surface area contributed by atoms with Crippen LogP contribution in [0, 0.1) is 11.8 Å². The molecule has 2 aliphatic carbocycles. The molecule has 0 N–H and O–H groups in total. The topological polar surface area (TPSA) is 17.1 Å². The maximum atomic E-state index is 12.3. The predicted octanol–water partition coefficient (Wildman–Crippen LogP) is 2.37. The van der Waals surface area contributed by atoms with Crippen molar-refractivity contribution in [3.8, 4) is 0 Å². The van der Waals surface area contributed by atoms with Crippen molar-refractivity contribution in [1.29, 1.82) is 0 Å². The Labute approximate surface area is 98.6 Å². The Kier molecular flexibility index (Phi) is 2.58. The lowest BCUT2D eigenvalue weighted by Gasteiger charge is -2.47. The van der Waals surface area contributed by atoms with Crippen LogP contribution in [0.2, 0.25) is 0 Å². The molecule has 0 aromatic rings. The Morgan fingerprint density at radius 1 is 1.00 bits per heavy atom. The van der Waals surface area contributed by atoms with Gasteiger partial charge in [-0.25, -0.2) is 0 Å². The third kappa shape index (κ3) is 1.54. The van der Waals surface area contributed by atoms with Gasteiger partial charge in [-0.15, -0.1) is 0 Å². The highest BCUT2D eigenvalue weighted by Gasteiger charge is 2.49. The summed E-state index contributed by atoms with van der Waals surface area (Å²) in [6, 6.07) is 0.673.